The second-order valence-electron chi connectivity index (χ2n) is 8.09. The Balaban J connectivity index is 1.52. The van der Waals surface area contributed by atoms with Crippen LogP contribution < -0.4 is 0 Å². The van der Waals surface area contributed by atoms with Crippen LogP contribution in [0.3, 0.4) is 0 Å². The third-order valence-corrected chi connectivity index (χ3v) is 6.30. The number of carbonyl (C=O) groups is 2. The second-order valence-corrected chi connectivity index (χ2v) is 8.09. The monoisotopic (exact) mass is 396 g/mol. The summed E-state index contributed by atoms with van der Waals surface area (Å²) in [6.07, 6.45) is 4.39. The van der Waals surface area contributed by atoms with E-state index in [0.29, 0.717) is 13.1 Å². The molecule has 0 aromatic carbocycles. The maximum Gasteiger partial charge on any atom is 0.244 e. The van der Waals surface area contributed by atoms with Gasteiger partial charge >= 0.3 is 0 Å². The summed E-state index contributed by atoms with van der Waals surface area (Å²) in [6.45, 7) is 9.81. The van der Waals surface area contributed by atoms with Crippen LogP contribution in [0.4, 0.5) is 0 Å². The Hall–Kier alpha value is -2.77. The van der Waals surface area contributed by atoms with E-state index in [1.54, 1.807) is 11.6 Å². The summed E-state index contributed by atoms with van der Waals surface area (Å²) >= 11 is 0. The molecule has 8 heteroatoms. The Labute approximate surface area is 170 Å². The average Bonchev–Trinajstić information content (AvgIpc) is 3.29. The predicted octanol–water partition coefficient (Wildman–Crippen LogP) is 1.87. The zero-order valence-electron chi connectivity index (χ0n) is 17.6. The minimum atomic E-state index is -0.0864. The number of nitrogens with zero attached hydrogens (tertiary/aromatic N) is 6. The van der Waals surface area contributed by atoms with Gasteiger partial charge in [0.05, 0.1) is 17.4 Å². The van der Waals surface area contributed by atoms with Crippen LogP contribution in [0.2, 0.25) is 0 Å². The highest BCUT2D eigenvalue weighted by atomic mass is 16.2. The number of carbonyl (C=O) groups excluding carboxylic acids is 2. The van der Waals surface area contributed by atoms with E-state index in [-0.39, 0.29) is 24.4 Å². The van der Waals surface area contributed by atoms with Crippen LogP contribution in [-0.4, -0.2) is 54.5 Å². The van der Waals surface area contributed by atoms with E-state index in [9.17, 15) is 9.59 Å². The summed E-state index contributed by atoms with van der Waals surface area (Å²) in [5.41, 5.74) is 5.14. The van der Waals surface area contributed by atoms with Gasteiger partial charge in [0.2, 0.25) is 11.8 Å². The maximum absolute atomic E-state index is 13.0. The van der Waals surface area contributed by atoms with Crippen molar-refractivity contribution in [2.24, 2.45) is 0 Å². The van der Waals surface area contributed by atoms with E-state index < -0.39 is 0 Å². The second kappa shape index (κ2) is 7.57. The Bertz CT molecular complexity index is 966. The molecule has 4 heterocycles. The number of hydrogen-bond donors (Lipinski definition) is 0. The Morgan fingerprint density at radius 1 is 1.21 bits per heavy atom. The molecule has 1 atom stereocenters. The first-order valence-electron chi connectivity index (χ1n) is 10.3. The third kappa shape index (κ3) is 3.63. The molecular weight excluding hydrogens is 368 g/mol. The molecule has 0 bridgehead atoms. The topological polar surface area (TPSA) is 84.2 Å². The van der Waals surface area contributed by atoms with Crippen molar-refractivity contribution >= 4 is 11.8 Å². The van der Waals surface area contributed by atoms with Gasteiger partial charge in [0.1, 0.15) is 6.54 Å². The van der Waals surface area contributed by atoms with E-state index in [1.165, 1.54) is 0 Å². The van der Waals surface area contributed by atoms with Crippen molar-refractivity contribution in [2.45, 2.75) is 66.1 Å². The number of fused-ring (bicyclic) bond motifs is 1. The zero-order chi connectivity index (χ0) is 20.7. The van der Waals surface area contributed by atoms with Crippen molar-refractivity contribution in [1.29, 1.82) is 0 Å². The summed E-state index contributed by atoms with van der Waals surface area (Å²) in [4.78, 5) is 37.8. The van der Waals surface area contributed by atoms with Gasteiger partial charge in [-0.1, -0.05) is 0 Å². The van der Waals surface area contributed by atoms with Crippen LogP contribution in [0.15, 0.2) is 6.20 Å². The zero-order valence-corrected chi connectivity index (χ0v) is 17.6. The molecule has 2 aliphatic rings. The van der Waals surface area contributed by atoms with Crippen LogP contribution >= 0.6 is 0 Å². The average molecular weight is 396 g/mol. The normalized spacial score (nSPS) is 18.8. The van der Waals surface area contributed by atoms with E-state index in [0.717, 1.165) is 59.8 Å². The number of hydrogen-bond acceptors (Lipinski definition) is 5. The van der Waals surface area contributed by atoms with Gasteiger partial charge in [-0.3, -0.25) is 14.3 Å². The van der Waals surface area contributed by atoms with E-state index in [2.05, 4.69) is 10.1 Å². The van der Waals surface area contributed by atoms with Crippen molar-refractivity contribution in [3.8, 4) is 0 Å². The lowest BCUT2D eigenvalue weighted by Gasteiger charge is -2.28. The van der Waals surface area contributed by atoms with Crippen LogP contribution in [0.1, 0.15) is 59.8 Å². The van der Waals surface area contributed by atoms with Crippen LogP contribution in [-0.2, 0) is 29.1 Å². The highest BCUT2D eigenvalue weighted by Crippen LogP contribution is 2.31. The fourth-order valence-corrected chi connectivity index (χ4v) is 4.25. The van der Waals surface area contributed by atoms with Crippen LogP contribution in [0.5, 0.6) is 0 Å². The molecule has 0 N–H and O–H groups in total. The van der Waals surface area contributed by atoms with Crippen molar-refractivity contribution < 1.29 is 9.59 Å². The molecule has 2 aromatic rings. The SMILES string of the molecule is CC(=O)N1CCc2nc([C@@H]3CCCN3C(=O)Cn3nc(C)c(C)c3C)ncc2C1. The smallest absolute Gasteiger partial charge is 0.244 e. The molecule has 29 heavy (non-hydrogen) atoms. The van der Waals surface area contributed by atoms with Gasteiger partial charge in [0.15, 0.2) is 5.82 Å². The van der Waals surface area contributed by atoms with Crippen LogP contribution in [0, 0.1) is 20.8 Å². The van der Waals surface area contributed by atoms with Gasteiger partial charge in [-0.05, 0) is 39.2 Å². The summed E-state index contributed by atoms with van der Waals surface area (Å²) in [5, 5.41) is 4.50. The summed E-state index contributed by atoms with van der Waals surface area (Å²) in [6, 6.07) is -0.0864. The predicted molar refractivity (Wildman–Crippen MR) is 107 cm³/mol. The van der Waals surface area contributed by atoms with Crippen molar-refractivity contribution in [3.63, 3.8) is 0 Å². The number of amides is 2. The van der Waals surface area contributed by atoms with Crippen LogP contribution in [0.25, 0.3) is 0 Å². The van der Waals surface area contributed by atoms with Crippen molar-refractivity contribution in [2.75, 3.05) is 13.1 Å². The number of aryl methyl sites for hydroxylation is 1. The summed E-state index contributed by atoms with van der Waals surface area (Å²) < 4.78 is 1.80. The molecule has 0 aliphatic carbocycles. The molecule has 1 saturated heterocycles. The molecular formula is C21H28N6O2. The minimum Gasteiger partial charge on any atom is -0.338 e. The Morgan fingerprint density at radius 2 is 2.00 bits per heavy atom. The van der Waals surface area contributed by atoms with Gasteiger partial charge in [-0.2, -0.15) is 5.10 Å². The number of rotatable bonds is 3. The fourth-order valence-electron chi connectivity index (χ4n) is 4.25. The maximum atomic E-state index is 13.0. The molecule has 0 radical (unpaired) electrons. The van der Waals surface area contributed by atoms with Gasteiger partial charge in [-0.15, -0.1) is 0 Å². The first kappa shape index (κ1) is 19.5. The quantitative estimate of drug-likeness (QED) is 0.791. The molecule has 2 aromatic heterocycles. The summed E-state index contributed by atoms with van der Waals surface area (Å²) in [5.74, 6) is 0.851. The largest absolute Gasteiger partial charge is 0.338 e. The molecule has 0 spiro atoms. The summed E-state index contributed by atoms with van der Waals surface area (Å²) in [7, 11) is 0. The molecule has 4 rings (SSSR count). The molecule has 2 amide bonds. The first-order chi connectivity index (χ1) is 13.8. The molecule has 2 aliphatic heterocycles. The highest BCUT2D eigenvalue weighted by molar-refractivity contribution is 5.77. The number of likely N-dealkylation sites (tertiary alicyclic amines) is 1. The van der Waals surface area contributed by atoms with Gasteiger partial charge in [0, 0.05) is 50.4 Å². The number of aromatic nitrogens is 4. The lowest BCUT2D eigenvalue weighted by atomic mass is 10.1. The van der Waals surface area contributed by atoms with Gasteiger partial charge < -0.3 is 9.80 Å². The van der Waals surface area contributed by atoms with Gasteiger partial charge in [-0.25, -0.2) is 9.97 Å². The minimum absolute atomic E-state index is 0.0576. The molecule has 8 nitrogen and oxygen atoms in total. The highest BCUT2D eigenvalue weighted by Gasteiger charge is 2.33. The van der Waals surface area contributed by atoms with Crippen molar-refractivity contribution in [3.05, 3.63) is 40.2 Å². The van der Waals surface area contributed by atoms with Crippen molar-refractivity contribution in [1.82, 2.24) is 29.5 Å². The molecule has 0 unspecified atom stereocenters. The lowest BCUT2D eigenvalue weighted by molar-refractivity contribution is -0.133. The fraction of sp³-hybridized carbons (Fsp3) is 0.571. The standard InChI is InChI=1S/C21H28N6O2/c1-13-14(2)24-27(15(13)3)12-20(29)26-8-5-6-19(26)21-22-10-17-11-25(16(4)28)9-7-18(17)23-21/h10,19H,5-9,11-12H2,1-4H3/t19-/m0/s1. The van der Waals surface area contributed by atoms with E-state index >= 15 is 0 Å². The first-order valence-corrected chi connectivity index (χ1v) is 10.3. The Kier molecular flexibility index (Phi) is 5.10. The molecule has 154 valence electrons. The molecule has 1 fully saturated rings. The van der Waals surface area contributed by atoms with E-state index in [1.807, 2.05) is 36.8 Å². The van der Waals surface area contributed by atoms with E-state index in [4.69, 9.17) is 4.98 Å². The van der Waals surface area contributed by atoms with Gasteiger partial charge in [0.25, 0.3) is 0 Å². The third-order valence-electron chi connectivity index (χ3n) is 6.30. The Morgan fingerprint density at radius 3 is 2.69 bits per heavy atom. The molecule has 0 saturated carbocycles. The lowest BCUT2D eigenvalue weighted by Crippen LogP contribution is -2.36.